The van der Waals surface area contributed by atoms with Crippen molar-refractivity contribution in [1.29, 1.82) is 0 Å². The number of nitrogens with zero attached hydrogens (tertiary/aromatic N) is 3. The van der Waals surface area contributed by atoms with Gasteiger partial charge >= 0.3 is 0 Å². The summed E-state index contributed by atoms with van der Waals surface area (Å²) in [5, 5.41) is 17.2. The molecule has 0 spiro atoms. The Morgan fingerprint density at radius 2 is 2.11 bits per heavy atom. The van der Waals surface area contributed by atoms with Crippen LogP contribution in [-0.4, -0.2) is 28.1 Å². The second-order valence-corrected chi connectivity index (χ2v) is 5.68. The molecule has 0 fully saturated rings. The number of nitro benzene ring substituents is 1. The largest absolute Gasteiger partial charge is 0.495 e. The number of nitrogens with one attached hydrogen (secondary N) is 1. The number of nitro groups is 1. The summed E-state index contributed by atoms with van der Waals surface area (Å²) in [6.07, 6.45) is 0.0925. The number of hydrogen-bond donors (Lipinski definition) is 1. The first kappa shape index (κ1) is 19.0. The third kappa shape index (κ3) is 4.29. The van der Waals surface area contributed by atoms with Gasteiger partial charge in [-0.2, -0.15) is 4.98 Å². The molecule has 0 aliphatic rings. The normalized spacial score (nSPS) is 10.5. The van der Waals surface area contributed by atoms with E-state index in [0.29, 0.717) is 5.75 Å². The fourth-order valence-corrected chi connectivity index (χ4v) is 2.45. The van der Waals surface area contributed by atoms with Gasteiger partial charge in [0.25, 0.3) is 5.69 Å². The molecular weight excluding hydrogens is 371 g/mol. The highest BCUT2D eigenvalue weighted by atomic mass is 19.1. The summed E-state index contributed by atoms with van der Waals surface area (Å²) in [6, 6.07) is 9.88. The summed E-state index contributed by atoms with van der Waals surface area (Å²) in [5.74, 6) is -0.360. The van der Waals surface area contributed by atoms with Gasteiger partial charge in [-0.1, -0.05) is 17.3 Å². The summed E-state index contributed by atoms with van der Waals surface area (Å²) in [7, 11) is 1.39. The lowest BCUT2D eigenvalue weighted by Gasteiger charge is -2.09. The Kier molecular flexibility index (Phi) is 5.58. The molecule has 1 amide bonds. The molecule has 1 aromatic heterocycles. The van der Waals surface area contributed by atoms with Crippen LogP contribution in [0.2, 0.25) is 0 Å². The van der Waals surface area contributed by atoms with E-state index in [1.54, 1.807) is 12.1 Å². The Bertz CT molecular complexity index is 1020. The molecule has 0 radical (unpaired) electrons. The van der Waals surface area contributed by atoms with Crippen LogP contribution in [0.15, 0.2) is 47.0 Å². The van der Waals surface area contributed by atoms with E-state index >= 15 is 0 Å². The third-order valence-electron chi connectivity index (χ3n) is 3.82. The van der Waals surface area contributed by atoms with Crippen LogP contribution in [0.3, 0.4) is 0 Å². The SMILES string of the molecule is COc1ccc([N+](=O)[O-])cc1NC(=O)CCc1nc(-c2ccccc2F)no1. The van der Waals surface area contributed by atoms with Crippen LogP contribution < -0.4 is 10.1 Å². The molecule has 144 valence electrons. The minimum absolute atomic E-state index is 0.0231. The standard InChI is InChI=1S/C18H15FN4O5/c1-27-15-7-6-11(23(25)26)10-14(15)20-16(24)8-9-17-21-18(22-28-17)12-4-2-3-5-13(12)19/h2-7,10H,8-9H2,1H3,(H,20,24). The minimum atomic E-state index is -0.572. The molecular formula is C18H15FN4O5. The fourth-order valence-electron chi connectivity index (χ4n) is 2.45. The highest BCUT2D eigenvalue weighted by Gasteiger charge is 2.16. The van der Waals surface area contributed by atoms with Crippen molar-refractivity contribution in [1.82, 2.24) is 10.1 Å². The number of carbonyl (C=O) groups is 1. The molecule has 1 heterocycles. The van der Waals surface area contributed by atoms with Crippen LogP contribution in [0.5, 0.6) is 5.75 Å². The van der Waals surface area contributed by atoms with Crippen LogP contribution in [0.4, 0.5) is 15.8 Å². The molecule has 3 rings (SSSR count). The van der Waals surface area contributed by atoms with Gasteiger partial charge in [0, 0.05) is 25.0 Å². The summed E-state index contributed by atoms with van der Waals surface area (Å²) >= 11 is 0. The minimum Gasteiger partial charge on any atom is -0.495 e. The maximum atomic E-state index is 13.8. The van der Waals surface area contributed by atoms with E-state index < -0.39 is 16.6 Å². The van der Waals surface area contributed by atoms with Gasteiger partial charge in [-0.15, -0.1) is 0 Å². The molecule has 0 aliphatic heterocycles. The first-order chi connectivity index (χ1) is 13.5. The van der Waals surface area contributed by atoms with Gasteiger partial charge in [-0.25, -0.2) is 4.39 Å². The molecule has 10 heteroatoms. The first-order valence-corrected chi connectivity index (χ1v) is 8.17. The van der Waals surface area contributed by atoms with Crippen LogP contribution in [-0.2, 0) is 11.2 Å². The highest BCUT2D eigenvalue weighted by molar-refractivity contribution is 5.92. The molecule has 1 N–H and O–H groups in total. The zero-order valence-electron chi connectivity index (χ0n) is 14.7. The highest BCUT2D eigenvalue weighted by Crippen LogP contribution is 2.29. The quantitative estimate of drug-likeness (QED) is 0.488. The second kappa shape index (κ2) is 8.25. The predicted molar refractivity (Wildman–Crippen MR) is 96.3 cm³/mol. The zero-order valence-corrected chi connectivity index (χ0v) is 14.7. The zero-order chi connectivity index (χ0) is 20.1. The fraction of sp³-hybridized carbons (Fsp3) is 0.167. The van der Waals surface area contributed by atoms with Crippen molar-refractivity contribution in [3.05, 3.63) is 64.3 Å². The Balaban J connectivity index is 1.65. The van der Waals surface area contributed by atoms with Crippen molar-refractivity contribution in [3.63, 3.8) is 0 Å². The van der Waals surface area contributed by atoms with Gasteiger partial charge in [-0.05, 0) is 18.2 Å². The smallest absolute Gasteiger partial charge is 0.271 e. The van der Waals surface area contributed by atoms with Crippen molar-refractivity contribution in [3.8, 4) is 17.1 Å². The Morgan fingerprint density at radius 3 is 2.82 bits per heavy atom. The topological polar surface area (TPSA) is 120 Å². The number of anilines is 1. The molecule has 0 saturated carbocycles. The predicted octanol–water partition coefficient (Wildman–Crippen LogP) is 3.36. The van der Waals surface area contributed by atoms with E-state index in [-0.39, 0.29) is 41.5 Å². The molecule has 0 bridgehead atoms. The number of methoxy groups -OCH3 is 1. The van der Waals surface area contributed by atoms with Crippen molar-refractivity contribution < 1.29 is 23.4 Å². The Labute approximate surface area is 158 Å². The molecule has 3 aromatic rings. The number of hydrogen-bond acceptors (Lipinski definition) is 7. The number of amides is 1. The van der Waals surface area contributed by atoms with Crippen LogP contribution in [0.1, 0.15) is 12.3 Å². The van der Waals surface area contributed by atoms with E-state index in [1.165, 1.54) is 37.4 Å². The van der Waals surface area contributed by atoms with Gasteiger partial charge in [0.05, 0.1) is 23.3 Å². The average molecular weight is 386 g/mol. The van der Waals surface area contributed by atoms with E-state index in [9.17, 15) is 19.3 Å². The van der Waals surface area contributed by atoms with Crippen molar-refractivity contribution >= 4 is 17.3 Å². The number of aryl methyl sites for hydroxylation is 1. The molecule has 28 heavy (non-hydrogen) atoms. The number of ether oxygens (including phenoxy) is 1. The average Bonchev–Trinajstić information content (AvgIpc) is 3.15. The monoisotopic (exact) mass is 386 g/mol. The maximum Gasteiger partial charge on any atom is 0.271 e. The number of carbonyl (C=O) groups excluding carboxylic acids is 1. The lowest BCUT2D eigenvalue weighted by molar-refractivity contribution is -0.384. The summed E-state index contributed by atoms with van der Waals surface area (Å²) in [5.41, 5.74) is 0.199. The van der Waals surface area contributed by atoms with E-state index in [2.05, 4.69) is 15.5 Å². The molecule has 0 unspecified atom stereocenters. The lowest BCUT2D eigenvalue weighted by atomic mass is 10.2. The van der Waals surface area contributed by atoms with Gasteiger partial charge in [0.2, 0.25) is 17.6 Å². The number of aromatic nitrogens is 2. The summed E-state index contributed by atoms with van der Waals surface area (Å²) in [4.78, 5) is 26.6. The molecule has 2 aromatic carbocycles. The van der Waals surface area contributed by atoms with Crippen LogP contribution >= 0.6 is 0 Å². The third-order valence-corrected chi connectivity index (χ3v) is 3.82. The van der Waals surface area contributed by atoms with Crippen molar-refractivity contribution in [2.75, 3.05) is 12.4 Å². The molecule has 0 aliphatic carbocycles. The Morgan fingerprint density at radius 1 is 1.32 bits per heavy atom. The van der Waals surface area contributed by atoms with Gasteiger partial charge in [0.1, 0.15) is 11.6 Å². The molecule has 0 saturated heterocycles. The summed E-state index contributed by atoms with van der Waals surface area (Å²) < 4.78 is 23.9. The molecule has 9 nitrogen and oxygen atoms in total. The van der Waals surface area contributed by atoms with Gasteiger partial charge in [0.15, 0.2) is 0 Å². The van der Waals surface area contributed by atoms with E-state index in [4.69, 9.17) is 9.26 Å². The van der Waals surface area contributed by atoms with Crippen molar-refractivity contribution in [2.45, 2.75) is 12.8 Å². The van der Waals surface area contributed by atoms with Crippen molar-refractivity contribution in [2.24, 2.45) is 0 Å². The molecule has 0 atom stereocenters. The summed E-state index contributed by atoms with van der Waals surface area (Å²) in [6.45, 7) is 0. The number of halogens is 1. The van der Waals surface area contributed by atoms with Crippen LogP contribution in [0.25, 0.3) is 11.4 Å². The number of benzene rings is 2. The van der Waals surface area contributed by atoms with E-state index in [1.807, 2.05) is 0 Å². The van der Waals surface area contributed by atoms with E-state index in [0.717, 1.165) is 0 Å². The Hall–Kier alpha value is -3.82. The van der Waals surface area contributed by atoms with Crippen LogP contribution in [0, 0.1) is 15.9 Å². The second-order valence-electron chi connectivity index (χ2n) is 5.68. The lowest BCUT2D eigenvalue weighted by Crippen LogP contribution is -2.13. The van der Waals surface area contributed by atoms with Gasteiger partial charge < -0.3 is 14.6 Å². The number of non-ortho nitro benzene ring substituents is 1. The maximum absolute atomic E-state index is 13.8. The number of rotatable bonds is 7. The first-order valence-electron chi connectivity index (χ1n) is 8.17. The van der Waals surface area contributed by atoms with Gasteiger partial charge in [-0.3, -0.25) is 14.9 Å².